The molecule has 7 nitrogen and oxygen atoms in total. The molecule has 4 heterocycles. The van der Waals surface area contributed by atoms with Crippen LogP contribution in [0.15, 0.2) is 36.5 Å². The van der Waals surface area contributed by atoms with Crippen LogP contribution in [0.4, 0.5) is 0 Å². The van der Waals surface area contributed by atoms with Crippen molar-refractivity contribution in [3.8, 4) is 0 Å². The Morgan fingerprint density at radius 1 is 1.26 bits per heavy atom. The molecule has 31 heavy (non-hydrogen) atoms. The number of para-hydroxylation sites is 1. The molecule has 1 aromatic carbocycles. The largest absolute Gasteiger partial charge is 0.367 e. The van der Waals surface area contributed by atoms with E-state index in [4.69, 9.17) is 9.72 Å². The zero-order valence-corrected chi connectivity index (χ0v) is 18.7. The number of piperazine rings is 1. The highest BCUT2D eigenvalue weighted by molar-refractivity contribution is 7.05. The third-order valence-electron chi connectivity index (χ3n) is 6.34. The summed E-state index contributed by atoms with van der Waals surface area (Å²) in [5.41, 5.74) is 1.29. The lowest BCUT2D eigenvalue weighted by molar-refractivity contribution is -0.124. The van der Waals surface area contributed by atoms with E-state index < -0.39 is 0 Å². The van der Waals surface area contributed by atoms with Crippen molar-refractivity contribution in [3.05, 3.63) is 47.4 Å². The van der Waals surface area contributed by atoms with Crippen molar-refractivity contribution >= 4 is 28.3 Å². The third-order valence-corrected chi connectivity index (χ3v) is 7.05. The van der Waals surface area contributed by atoms with Crippen LogP contribution in [0.3, 0.4) is 0 Å². The second kappa shape index (κ2) is 9.06. The Bertz CT molecular complexity index is 1050. The number of benzene rings is 1. The Morgan fingerprint density at radius 3 is 3.03 bits per heavy atom. The van der Waals surface area contributed by atoms with Crippen LogP contribution in [0, 0.1) is 5.92 Å². The molecule has 0 bridgehead atoms. The van der Waals surface area contributed by atoms with Crippen molar-refractivity contribution in [1.29, 1.82) is 0 Å². The minimum Gasteiger partial charge on any atom is -0.367 e. The van der Waals surface area contributed by atoms with Gasteiger partial charge in [0.15, 0.2) is 5.82 Å². The smallest absolute Gasteiger partial charge is 0.234 e. The molecule has 8 heteroatoms. The first-order chi connectivity index (χ1) is 15.2. The zero-order valence-electron chi connectivity index (χ0n) is 17.9. The number of amides is 1. The lowest BCUT2D eigenvalue weighted by Crippen LogP contribution is -2.47. The number of rotatable bonds is 6. The summed E-state index contributed by atoms with van der Waals surface area (Å²) < 4.78 is 13.4. The van der Waals surface area contributed by atoms with Crippen molar-refractivity contribution in [1.82, 2.24) is 24.1 Å². The van der Waals surface area contributed by atoms with E-state index in [0.29, 0.717) is 25.6 Å². The fraction of sp³-hybridized carbons (Fsp3) is 0.522. The number of aromatic nitrogens is 3. The average molecular weight is 440 g/mol. The molecule has 0 aliphatic carbocycles. The van der Waals surface area contributed by atoms with Gasteiger partial charge < -0.3 is 14.6 Å². The van der Waals surface area contributed by atoms with Crippen LogP contribution < -0.4 is 5.32 Å². The molecule has 3 aromatic rings. The van der Waals surface area contributed by atoms with Gasteiger partial charge in [-0.25, -0.2) is 4.98 Å². The maximum absolute atomic E-state index is 11.6. The second-order valence-electron chi connectivity index (χ2n) is 8.63. The predicted molar refractivity (Wildman–Crippen MR) is 121 cm³/mol. The van der Waals surface area contributed by atoms with E-state index in [1.165, 1.54) is 22.4 Å². The minimum atomic E-state index is -0.0554. The fourth-order valence-corrected chi connectivity index (χ4v) is 5.48. The molecule has 1 N–H and O–H groups in total. The summed E-state index contributed by atoms with van der Waals surface area (Å²) in [7, 11) is 0. The molecule has 0 radical (unpaired) electrons. The molecule has 1 amide bonds. The SMILES string of the molecule is CCC1CC(Cn2ccc3ccccc32)CC(c2nsc(CN3CCNC(=O)C3)n2)O1. The number of nitrogens with one attached hydrogen (secondary N) is 1. The van der Waals surface area contributed by atoms with Crippen LogP contribution in [-0.2, 0) is 22.6 Å². The van der Waals surface area contributed by atoms with E-state index in [-0.39, 0.29) is 18.1 Å². The van der Waals surface area contributed by atoms with Gasteiger partial charge in [0.1, 0.15) is 11.1 Å². The monoisotopic (exact) mass is 439 g/mol. The van der Waals surface area contributed by atoms with Gasteiger partial charge in [-0.2, -0.15) is 4.37 Å². The van der Waals surface area contributed by atoms with Crippen LogP contribution in [0.1, 0.15) is 43.1 Å². The first-order valence-corrected chi connectivity index (χ1v) is 12.0. The molecule has 2 aliphatic heterocycles. The summed E-state index contributed by atoms with van der Waals surface area (Å²) >= 11 is 1.44. The van der Waals surface area contributed by atoms with Crippen LogP contribution in [-0.4, -0.2) is 50.5 Å². The van der Waals surface area contributed by atoms with Gasteiger partial charge in [-0.1, -0.05) is 25.1 Å². The Kier molecular flexibility index (Phi) is 6.02. The number of fused-ring (bicyclic) bond motifs is 1. The van der Waals surface area contributed by atoms with Gasteiger partial charge in [-0.3, -0.25) is 9.69 Å². The zero-order chi connectivity index (χ0) is 21.2. The summed E-state index contributed by atoms with van der Waals surface area (Å²) in [6.07, 6.45) is 5.39. The normalized spacial score (nSPS) is 25.1. The molecular weight excluding hydrogens is 410 g/mol. The maximum Gasteiger partial charge on any atom is 0.234 e. The van der Waals surface area contributed by atoms with Crippen LogP contribution >= 0.6 is 11.5 Å². The number of hydrogen-bond donors (Lipinski definition) is 1. The van der Waals surface area contributed by atoms with E-state index in [9.17, 15) is 4.79 Å². The molecule has 5 rings (SSSR count). The summed E-state index contributed by atoms with van der Waals surface area (Å²) in [5.74, 6) is 1.41. The number of hydrogen-bond acceptors (Lipinski definition) is 6. The van der Waals surface area contributed by atoms with Gasteiger partial charge in [-0.15, -0.1) is 0 Å². The summed E-state index contributed by atoms with van der Waals surface area (Å²) in [4.78, 5) is 18.6. The number of carbonyl (C=O) groups is 1. The number of ether oxygens (including phenoxy) is 1. The lowest BCUT2D eigenvalue weighted by Gasteiger charge is -2.34. The molecule has 2 aromatic heterocycles. The molecule has 0 spiro atoms. The van der Waals surface area contributed by atoms with Crippen molar-refractivity contribution in [2.45, 2.75) is 51.5 Å². The van der Waals surface area contributed by atoms with Gasteiger partial charge in [0.25, 0.3) is 0 Å². The van der Waals surface area contributed by atoms with E-state index in [0.717, 1.165) is 43.2 Å². The highest BCUT2D eigenvalue weighted by atomic mass is 32.1. The van der Waals surface area contributed by atoms with E-state index in [1.54, 1.807) is 0 Å². The number of carbonyl (C=O) groups excluding carboxylic acids is 1. The van der Waals surface area contributed by atoms with Crippen molar-refractivity contribution in [2.75, 3.05) is 19.6 Å². The molecule has 2 saturated heterocycles. The van der Waals surface area contributed by atoms with Gasteiger partial charge in [0.05, 0.1) is 19.2 Å². The lowest BCUT2D eigenvalue weighted by atomic mass is 9.90. The fourth-order valence-electron chi connectivity index (χ4n) is 4.75. The molecule has 3 atom stereocenters. The highest BCUT2D eigenvalue weighted by Crippen LogP contribution is 2.36. The molecule has 3 unspecified atom stereocenters. The molecule has 0 saturated carbocycles. The van der Waals surface area contributed by atoms with Gasteiger partial charge in [0, 0.05) is 31.3 Å². The molecule has 2 fully saturated rings. The predicted octanol–water partition coefficient (Wildman–Crippen LogP) is 3.37. The first kappa shape index (κ1) is 20.6. The van der Waals surface area contributed by atoms with Crippen molar-refractivity contribution in [3.63, 3.8) is 0 Å². The first-order valence-electron chi connectivity index (χ1n) is 11.2. The van der Waals surface area contributed by atoms with E-state index in [1.807, 2.05) is 0 Å². The summed E-state index contributed by atoms with van der Waals surface area (Å²) in [6.45, 7) is 5.84. The maximum atomic E-state index is 11.6. The van der Waals surface area contributed by atoms with Gasteiger partial charge in [-0.05, 0) is 54.2 Å². The summed E-state index contributed by atoms with van der Waals surface area (Å²) in [5, 5.41) is 5.11. The van der Waals surface area contributed by atoms with E-state index in [2.05, 4.69) is 62.6 Å². The Labute approximate surface area is 186 Å². The van der Waals surface area contributed by atoms with Crippen LogP contribution in [0.5, 0.6) is 0 Å². The molecule has 164 valence electrons. The highest BCUT2D eigenvalue weighted by Gasteiger charge is 2.32. The van der Waals surface area contributed by atoms with Crippen LogP contribution in [0.2, 0.25) is 0 Å². The Hall–Kier alpha value is -2.29. The Morgan fingerprint density at radius 2 is 2.16 bits per heavy atom. The molecule has 2 aliphatic rings. The Balaban J connectivity index is 1.28. The number of nitrogens with zero attached hydrogens (tertiary/aromatic N) is 4. The third kappa shape index (κ3) is 4.66. The topological polar surface area (TPSA) is 72.3 Å². The standard InChI is InChI=1S/C23H29N5O2S/c1-2-18-11-16(13-28-9-7-17-5-3-4-6-19(17)28)12-20(30-18)23-25-22(31-26-23)15-27-10-8-24-21(29)14-27/h3-7,9,16,18,20H,2,8,10-15H2,1H3,(H,24,29). The second-order valence-corrected chi connectivity index (χ2v) is 9.46. The minimum absolute atomic E-state index is 0.0554. The van der Waals surface area contributed by atoms with Gasteiger partial charge in [0.2, 0.25) is 5.91 Å². The van der Waals surface area contributed by atoms with Crippen molar-refractivity contribution in [2.24, 2.45) is 5.92 Å². The quantitative estimate of drug-likeness (QED) is 0.638. The van der Waals surface area contributed by atoms with E-state index >= 15 is 0 Å². The molecular formula is C23H29N5O2S. The summed E-state index contributed by atoms with van der Waals surface area (Å²) in [6, 6.07) is 10.7. The van der Waals surface area contributed by atoms with Gasteiger partial charge >= 0.3 is 0 Å². The van der Waals surface area contributed by atoms with Crippen molar-refractivity contribution < 1.29 is 9.53 Å². The average Bonchev–Trinajstić information content (AvgIpc) is 3.41. The van der Waals surface area contributed by atoms with Crippen LogP contribution in [0.25, 0.3) is 10.9 Å².